The Bertz CT molecular complexity index is 452. The fourth-order valence-corrected chi connectivity index (χ4v) is 2.08. The number of thiophene rings is 1. The second kappa shape index (κ2) is 4.44. The van der Waals surface area contributed by atoms with Gasteiger partial charge in [0.1, 0.15) is 5.82 Å². The first-order valence-electron chi connectivity index (χ1n) is 5.06. The maximum absolute atomic E-state index is 5.83. The summed E-state index contributed by atoms with van der Waals surface area (Å²) >= 11 is 1.57. The van der Waals surface area contributed by atoms with E-state index >= 15 is 0 Å². The van der Waals surface area contributed by atoms with Crippen LogP contribution in [-0.4, -0.2) is 16.5 Å². The molecule has 0 saturated carbocycles. The van der Waals surface area contributed by atoms with Gasteiger partial charge in [-0.3, -0.25) is 0 Å². The summed E-state index contributed by atoms with van der Waals surface area (Å²) in [4.78, 5) is 8.59. The fraction of sp³-hybridized carbons (Fsp3) is 0.400. The van der Waals surface area contributed by atoms with E-state index in [-0.39, 0.29) is 0 Å². The lowest BCUT2D eigenvalue weighted by atomic mass is 10.3. The molecule has 0 aliphatic rings. The first-order chi connectivity index (χ1) is 7.31. The van der Waals surface area contributed by atoms with Gasteiger partial charge in [0.05, 0.1) is 10.2 Å². The molecule has 2 aromatic heterocycles. The zero-order valence-electron chi connectivity index (χ0n) is 8.66. The second-order valence-electron chi connectivity index (χ2n) is 3.35. The third-order valence-electron chi connectivity index (χ3n) is 2.14. The van der Waals surface area contributed by atoms with Crippen LogP contribution in [0, 0.1) is 0 Å². The highest BCUT2D eigenvalue weighted by Gasteiger charge is 2.05. The van der Waals surface area contributed by atoms with Crippen LogP contribution < -0.4 is 11.1 Å². The number of anilines is 2. The van der Waals surface area contributed by atoms with Gasteiger partial charge in [0.15, 0.2) is 0 Å². The van der Waals surface area contributed by atoms with Crippen molar-refractivity contribution in [3.05, 3.63) is 11.4 Å². The van der Waals surface area contributed by atoms with E-state index in [4.69, 9.17) is 5.73 Å². The smallest absolute Gasteiger partial charge is 0.225 e. The highest BCUT2D eigenvalue weighted by Crippen LogP contribution is 2.24. The Morgan fingerprint density at radius 1 is 1.47 bits per heavy atom. The summed E-state index contributed by atoms with van der Waals surface area (Å²) in [5.74, 6) is 1.20. The standard InChI is InChI=1S/C10H14N4S/c1-2-3-5-12-10-13-7-4-6-15-8(7)9(11)14-10/h4,6H,2-3,5H2,1H3,(H3,11,12,13,14). The predicted molar refractivity (Wildman–Crippen MR) is 65.2 cm³/mol. The van der Waals surface area contributed by atoms with Gasteiger partial charge in [0.2, 0.25) is 5.95 Å². The summed E-state index contributed by atoms with van der Waals surface area (Å²) in [6.07, 6.45) is 2.27. The molecule has 2 aromatic rings. The molecule has 0 unspecified atom stereocenters. The van der Waals surface area contributed by atoms with Gasteiger partial charge in [-0.05, 0) is 17.9 Å². The quantitative estimate of drug-likeness (QED) is 0.780. The third kappa shape index (κ3) is 2.18. The summed E-state index contributed by atoms with van der Waals surface area (Å²) < 4.78 is 0.969. The molecule has 0 spiro atoms. The number of nitrogen functional groups attached to an aromatic ring is 1. The van der Waals surface area contributed by atoms with Crippen molar-refractivity contribution in [1.29, 1.82) is 0 Å². The van der Waals surface area contributed by atoms with E-state index < -0.39 is 0 Å². The predicted octanol–water partition coefficient (Wildman–Crippen LogP) is 2.49. The van der Waals surface area contributed by atoms with Gasteiger partial charge < -0.3 is 11.1 Å². The molecule has 15 heavy (non-hydrogen) atoms. The highest BCUT2D eigenvalue weighted by atomic mass is 32.1. The highest BCUT2D eigenvalue weighted by molar-refractivity contribution is 7.17. The second-order valence-corrected chi connectivity index (χ2v) is 4.26. The average molecular weight is 222 g/mol. The van der Waals surface area contributed by atoms with Gasteiger partial charge >= 0.3 is 0 Å². The zero-order chi connectivity index (χ0) is 10.7. The van der Waals surface area contributed by atoms with Crippen LogP contribution >= 0.6 is 11.3 Å². The maximum Gasteiger partial charge on any atom is 0.225 e. The van der Waals surface area contributed by atoms with Crippen molar-refractivity contribution in [2.75, 3.05) is 17.6 Å². The Kier molecular flexibility index (Phi) is 3.01. The number of rotatable bonds is 4. The lowest BCUT2D eigenvalue weighted by Gasteiger charge is -2.04. The third-order valence-corrected chi connectivity index (χ3v) is 3.07. The number of nitrogens with one attached hydrogen (secondary N) is 1. The molecule has 0 saturated heterocycles. The van der Waals surface area contributed by atoms with Crippen molar-refractivity contribution in [2.45, 2.75) is 19.8 Å². The van der Waals surface area contributed by atoms with Crippen LogP contribution in [0.4, 0.5) is 11.8 Å². The Morgan fingerprint density at radius 2 is 2.33 bits per heavy atom. The van der Waals surface area contributed by atoms with Crippen molar-refractivity contribution in [2.24, 2.45) is 0 Å². The molecule has 0 radical (unpaired) electrons. The van der Waals surface area contributed by atoms with Crippen molar-refractivity contribution in [3.63, 3.8) is 0 Å². The first kappa shape index (κ1) is 10.2. The topological polar surface area (TPSA) is 63.8 Å². The lowest BCUT2D eigenvalue weighted by molar-refractivity contribution is 0.827. The normalized spacial score (nSPS) is 10.7. The molecule has 0 bridgehead atoms. The van der Waals surface area contributed by atoms with Crippen LogP contribution in [0.15, 0.2) is 11.4 Å². The van der Waals surface area contributed by atoms with Gasteiger partial charge in [-0.25, -0.2) is 4.98 Å². The number of unbranched alkanes of at least 4 members (excludes halogenated alkanes) is 1. The molecule has 0 fully saturated rings. The molecule has 0 amide bonds. The van der Waals surface area contributed by atoms with Gasteiger partial charge in [-0.15, -0.1) is 11.3 Å². The molecule has 0 aliphatic heterocycles. The zero-order valence-corrected chi connectivity index (χ0v) is 9.47. The van der Waals surface area contributed by atoms with Crippen LogP contribution in [0.1, 0.15) is 19.8 Å². The van der Waals surface area contributed by atoms with E-state index in [1.54, 1.807) is 11.3 Å². The summed E-state index contributed by atoms with van der Waals surface area (Å²) in [6, 6.07) is 1.96. The fourth-order valence-electron chi connectivity index (χ4n) is 1.34. The van der Waals surface area contributed by atoms with Crippen LogP contribution in [0.2, 0.25) is 0 Å². The summed E-state index contributed by atoms with van der Waals surface area (Å²) in [5.41, 5.74) is 6.75. The number of nitrogens with two attached hydrogens (primary N) is 1. The number of fused-ring (bicyclic) bond motifs is 1. The van der Waals surface area contributed by atoms with Crippen LogP contribution in [0.5, 0.6) is 0 Å². The number of nitrogens with zero attached hydrogens (tertiary/aromatic N) is 2. The Balaban J connectivity index is 2.21. The van der Waals surface area contributed by atoms with Gasteiger partial charge in [-0.1, -0.05) is 13.3 Å². The number of hydrogen-bond donors (Lipinski definition) is 2. The molecular formula is C10H14N4S. The first-order valence-corrected chi connectivity index (χ1v) is 5.94. The monoisotopic (exact) mass is 222 g/mol. The minimum atomic E-state index is 0.564. The minimum Gasteiger partial charge on any atom is -0.382 e. The average Bonchev–Trinajstić information content (AvgIpc) is 2.66. The molecule has 0 atom stereocenters. The van der Waals surface area contributed by atoms with Crippen molar-refractivity contribution < 1.29 is 0 Å². The van der Waals surface area contributed by atoms with E-state index in [0.29, 0.717) is 11.8 Å². The van der Waals surface area contributed by atoms with E-state index in [0.717, 1.165) is 29.6 Å². The summed E-state index contributed by atoms with van der Waals surface area (Å²) in [7, 11) is 0. The largest absolute Gasteiger partial charge is 0.382 e. The van der Waals surface area contributed by atoms with Gasteiger partial charge in [0, 0.05) is 6.54 Å². The number of aromatic nitrogens is 2. The molecular weight excluding hydrogens is 208 g/mol. The van der Waals surface area contributed by atoms with E-state index in [9.17, 15) is 0 Å². The Labute approximate surface area is 92.5 Å². The molecule has 5 heteroatoms. The van der Waals surface area contributed by atoms with Crippen molar-refractivity contribution >= 4 is 33.3 Å². The van der Waals surface area contributed by atoms with Crippen LogP contribution in [0.3, 0.4) is 0 Å². The molecule has 2 heterocycles. The lowest BCUT2D eigenvalue weighted by Crippen LogP contribution is -2.06. The maximum atomic E-state index is 5.83. The summed E-state index contributed by atoms with van der Waals surface area (Å²) in [6.45, 7) is 3.05. The Morgan fingerprint density at radius 3 is 3.13 bits per heavy atom. The van der Waals surface area contributed by atoms with Crippen molar-refractivity contribution in [3.8, 4) is 0 Å². The molecule has 4 nitrogen and oxygen atoms in total. The SMILES string of the molecule is CCCCNc1nc(N)c2sccc2n1. The number of hydrogen-bond acceptors (Lipinski definition) is 5. The van der Waals surface area contributed by atoms with Crippen LogP contribution in [0.25, 0.3) is 10.2 Å². The molecule has 2 rings (SSSR count). The molecule has 3 N–H and O–H groups in total. The molecule has 80 valence electrons. The van der Waals surface area contributed by atoms with Crippen molar-refractivity contribution in [1.82, 2.24) is 9.97 Å². The van der Waals surface area contributed by atoms with E-state index in [2.05, 4.69) is 22.2 Å². The van der Waals surface area contributed by atoms with Crippen LogP contribution in [-0.2, 0) is 0 Å². The summed E-state index contributed by atoms with van der Waals surface area (Å²) in [5, 5.41) is 5.15. The van der Waals surface area contributed by atoms with E-state index in [1.165, 1.54) is 0 Å². The molecule has 0 aromatic carbocycles. The Hall–Kier alpha value is -1.36. The molecule has 0 aliphatic carbocycles. The van der Waals surface area contributed by atoms with Gasteiger partial charge in [-0.2, -0.15) is 4.98 Å². The van der Waals surface area contributed by atoms with E-state index in [1.807, 2.05) is 11.4 Å². The van der Waals surface area contributed by atoms with Gasteiger partial charge in [0.25, 0.3) is 0 Å². The minimum absolute atomic E-state index is 0.564.